The summed E-state index contributed by atoms with van der Waals surface area (Å²) in [7, 11) is 0. The SMILES string of the molecule is O=C1CC(NCC(O)c2ccccc2)CN1. The third-order valence-electron chi connectivity index (χ3n) is 2.76. The number of nitrogens with one attached hydrogen (secondary N) is 2. The first-order valence-corrected chi connectivity index (χ1v) is 5.49. The molecule has 1 aliphatic rings. The molecule has 1 heterocycles. The van der Waals surface area contributed by atoms with Gasteiger partial charge in [0.2, 0.25) is 5.91 Å². The van der Waals surface area contributed by atoms with Crippen molar-refractivity contribution in [2.75, 3.05) is 13.1 Å². The van der Waals surface area contributed by atoms with Crippen LogP contribution in [0, 0.1) is 0 Å². The molecule has 4 heteroatoms. The van der Waals surface area contributed by atoms with Crippen molar-refractivity contribution in [1.29, 1.82) is 0 Å². The molecule has 1 aromatic rings. The average Bonchev–Trinajstić information content (AvgIpc) is 2.73. The molecular weight excluding hydrogens is 204 g/mol. The van der Waals surface area contributed by atoms with E-state index in [9.17, 15) is 9.90 Å². The first-order chi connectivity index (χ1) is 7.75. The van der Waals surface area contributed by atoms with Gasteiger partial charge in [-0.15, -0.1) is 0 Å². The number of hydrogen-bond acceptors (Lipinski definition) is 3. The van der Waals surface area contributed by atoms with Crippen molar-refractivity contribution < 1.29 is 9.90 Å². The number of carbonyl (C=O) groups is 1. The number of hydrogen-bond donors (Lipinski definition) is 3. The highest BCUT2D eigenvalue weighted by Gasteiger charge is 2.21. The molecule has 2 unspecified atom stereocenters. The molecule has 0 saturated carbocycles. The first kappa shape index (κ1) is 11.1. The van der Waals surface area contributed by atoms with Gasteiger partial charge in [-0.05, 0) is 5.56 Å². The van der Waals surface area contributed by atoms with Crippen LogP contribution in [0.3, 0.4) is 0 Å². The maximum absolute atomic E-state index is 11.0. The van der Waals surface area contributed by atoms with E-state index in [4.69, 9.17) is 0 Å². The molecule has 0 radical (unpaired) electrons. The molecule has 1 aromatic carbocycles. The van der Waals surface area contributed by atoms with Crippen molar-refractivity contribution in [2.45, 2.75) is 18.6 Å². The Balaban J connectivity index is 1.80. The lowest BCUT2D eigenvalue weighted by Crippen LogP contribution is -2.34. The van der Waals surface area contributed by atoms with Gasteiger partial charge in [0, 0.05) is 25.6 Å². The maximum Gasteiger partial charge on any atom is 0.221 e. The first-order valence-electron chi connectivity index (χ1n) is 5.49. The summed E-state index contributed by atoms with van der Waals surface area (Å²) in [5.41, 5.74) is 0.896. The molecular formula is C12H16N2O2. The summed E-state index contributed by atoms with van der Waals surface area (Å²) < 4.78 is 0. The summed E-state index contributed by atoms with van der Waals surface area (Å²) in [6, 6.07) is 9.65. The van der Waals surface area contributed by atoms with E-state index in [1.807, 2.05) is 30.3 Å². The standard InChI is InChI=1S/C12H16N2O2/c15-11(9-4-2-1-3-5-9)8-13-10-6-12(16)14-7-10/h1-5,10-11,13,15H,6-8H2,(H,14,16). The third kappa shape index (κ3) is 2.81. The van der Waals surface area contributed by atoms with Crippen LogP contribution in [0.15, 0.2) is 30.3 Å². The Morgan fingerprint density at radius 1 is 1.44 bits per heavy atom. The summed E-state index contributed by atoms with van der Waals surface area (Å²) >= 11 is 0. The second kappa shape index (κ2) is 5.09. The number of carbonyl (C=O) groups excluding carboxylic acids is 1. The minimum absolute atomic E-state index is 0.0756. The molecule has 16 heavy (non-hydrogen) atoms. The maximum atomic E-state index is 11.0. The summed E-state index contributed by atoms with van der Waals surface area (Å²) in [4.78, 5) is 11.0. The van der Waals surface area contributed by atoms with Crippen molar-refractivity contribution in [3.8, 4) is 0 Å². The van der Waals surface area contributed by atoms with Crippen molar-refractivity contribution in [1.82, 2.24) is 10.6 Å². The summed E-state index contributed by atoms with van der Waals surface area (Å²) in [6.45, 7) is 1.13. The molecule has 1 saturated heterocycles. The van der Waals surface area contributed by atoms with Crippen LogP contribution in [0.5, 0.6) is 0 Å². The number of rotatable bonds is 4. The van der Waals surface area contributed by atoms with Gasteiger partial charge in [0.1, 0.15) is 0 Å². The normalized spacial score (nSPS) is 21.8. The highest BCUT2D eigenvalue weighted by molar-refractivity contribution is 5.78. The highest BCUT2D eigenvalue weighted by Crippen LogP contribution is 2.11. The zero-order chi connectivity index (χ0) is 11.4. The van der Waals surface area contributed by atoms with Gasteiger partial charge in [-0.2, -0.15) is 0 Å². The number of aliphatic hydroxyl groups excluding tert-OH is 1. The molecule has 0 aliphatic carbocycles. The lowest BCUT2D eigenvalue weighted by molar-refractivity contribution is -0.119. The third-order valence-corrected chi connectivity index (χ3v) is 2.76. The Morgan fingerprint density at radius 3 is 2.81 bits per heavy atom. The van der Waals surface area contributed by atoms with E-state index >= 15 is 0 Å². The number of benzene rings is 1. The quantitative estimate of drug-likeness (QED) is 0.679. The Morgan fingerprint density at radius 2 is 2.19 bits per heavy atom. The fourth-order valence-corrected chi connectivity index (χ4v) is 1.82. The molecule has 0 spiro atoms. The van der Waals surface area contributed by atoms with Gasteiger partial charge < -0.3 is 15.7 Å². The van der Waals surface area contributed by atoms with Crippen LogP contribution in [0.2, 0.25) is 0 Å². The lowest BCUT2D eigenvalue weighted by Gasteiger charge is -2.15. The predicted molar refractivity (Wildman–Crippen MR) is 60.8 cm³/mol. The van der Waals surface area contributed by atoms with Crippen molar-refractivity contribution in [3.63, 3.8) is 0 Å². The summed E-state index contributed by atoms with van der Waals surface area (Å²) in [5, 5.41) is 15.8. The minimum atomic E-state index is -0.517. The van der Waals surface area contributed by atoms with E-state index in [1.165, 1.54) is 0 Å². The Kier molecular flexibility index (Phi) is 3.54. The Bertz CT molecular complexity index is 353. The van der Waals surface area contributed by atoms with Crippen LogP contribution in [-0.4, -0.2) is 30.1 Å². The van der Waals surface area contributed by atoms with E-state index < -0.39 is 6.10 Å². The molecule has 2 atom stereocenters. The van der Waals surface area contributed by atoms with E-state index in [0.29, 0.717) is 19.5 Å². The monoisotopic (exact) mass is 220 g/mol. The van der Waals surface area contributed by atoms with Gasteiger partial charge in [0.25, 0.3) is 0 Å². The number of aliphatic hydroxyl groups is 1. The van der Waals surface area contributed by atoms with Gasteiger partial charge >= 0.3 is 0 Å². The fraction of sp³-hybridized carbons (Fsp3) is 0.417. The molecule has 1 amide bonds. The second-order valence-corrected chi connectivity index (χ2v) is 4.04. The zero-order valence-electron chi connectivity index (χ0n) is 9.02. The van der Waals surface area contributed by atoms with Gasteiger partial charge in [-0.25, -0.2) is 0 Å². The van der Waals surface area contributed by atoms with E-state index in [-0.39, 0.29) is 11.9 Å². The molecule has 3 N–H and O–H groups in total. The van der Waals surface area contributed by atoms with Gasteiger partial charge in [-0.1, -0.05) is 30.3 Å². The molecule has 4 nitrogen and oxygen atoms in total. The Hall–Kier alpha value is -1.39. The molecule has 0 aromatic heterocycles. The molecule has 1 fully saturated rings. The highest BCUT2D eigenvalue weighted by atomic mass is 16.3. The zero-order valence-corrected chi connectivity index (χ0v) is 9.02. The summed E-state index contributed by atoms with van der Waals surface area (Å²) in [6.07, 6.45) is -0.0153. The van der Waals surface area contributed by atoms with E-state index in [0.717, 1.165) is 5.56 Å². The molecule has 1 aliphatic heterocycles. The average molecular weight is 220 g/mol. The van der Waals surface area contributed by atoms with Gasteiger partial charge in [-0.3, -0.25) is 4.79 Å². The van der Waals surface area contributed by atoms with Crippen molar-refractivity contribution in [3.05, 3.63) is 35.9 Å². The van der Waals surface area contributed by atoms with E-state index in [2.05, 4.69) is 10.6 Å². The fourth-order valence-electron chi connectivity index (χ4n) is 1.82. The van der Waals surface area contributed by atoms with Crippen molar-refractivity contribution >= 4 is 5.91 Å². The van der Waals surface area contributed by atoms with Gasteiger partial charge in [0.05, 0.1) is 6.10 Å². The molecule has 2 rings (SSSR count). The van der Waals surface area contributed by atoms with Crippen LogP contribution in [0.1, 0.15) is 18.1 Å². The predicted octanol–water partition coefficient (Wildman–Crippen LogP) is 0.198. The van der Waals surface area contributed by atoms with Gasteiger partial charge in [0.15, 0.2) is 0 Å². The lowest BCUT2D eigenvalue weighted by atomic mass is 10.1. The summed E-state index contributed by atoms with van der Waals surface area (Å²) in [5.74, 6) is 0.0756. The van der Waals surface area contributed by atoms with Crippen LogP contribution in [0.25, 0.3) is 0 Å². The van der Waals surface area contributed by atoms with Crippen molar-refractivity contribution in [2.24, 2.45) is 0 Å². The second-order valence-electron chi connectivity index (χ2n) is 4.04. The molecule has 86 valence electrons. The topological polar surface area (TPSA) is 61.4 Å². The van der Waals surface area contributed by atoms with Crippen LogP contribution >= 0.6 is 0 Å². The van der Waals surface area contributed by atoms with Crippen LogP contribution in [-0.2, 0) is 4.79 Å². The molecule has 0 bridgehead atoms. The minimum Gasteiger partial charge on any atom is -0.387 e. The smallest absolute Gasteiger partial charge is 0.221 e. The Labute approximate surface area is 94.7 Å². The van der Waals surface area contributed by atoms with Crippen LogP contribution < -0.4 is 10.6 Å². The largest absolute Gasteiger partial charge is 0.387 e. The van der Waals surface area contributed by atoms with Crippen LogP contribution in [0.4, 0.5) is 0 Å². The van der Waals surface area contributed by atoms with E-state index in [1.54, 1.807) is 0 Å². The number of amides is 1.